The molecule has 0 radical (unpaired) electrons. The van der Waals surface area contributed by atoms with E-state index in [2.05, 4.69) is 5.32 Å². The summed E-state index contributed by atoms with van der Waals surface area (Å²) in [4.78, 5) is 0. The lowest BCUT2D eigenvalue weighted by Crippen LogP contribution is -2.33. The molecule has 2 nitrogen and oxygen atoms in total. The van der Waals surface area contributed by atoms with E-state index in [9.17, 15) is 4.39 Å². The molecule has 1 aromatic rings. The molecule has 4 heteroatoms. The minimum Gasteiger partial charge on any atom is -0.396 e. The Morgan fingerprint density at radius 1 is 1.44 bits per heavy atom. The van der Waals surface area contributed by atoms with Crippen molar-refractivity contribution >= 4 is 11.6 Å². The van der Waals surface area contributed by atoms with Crippen LogP contribution in [0.2, 0.25) is 5.02 Å². The highest BCUT2D eigenvalue weighted by Crippen LogP contribution is 2.17. The van der Waals surface area contributed by atoms with Gasteiger partial charge in [-0.05, 0) is 18.9 Å². The van der Waals surface area contributed by atoms with Crippen molar-refractivity contribution in [1.29, 1.82) is 0 Å². The van der Waals surface area contributed by atoms with Crippen LogP contribution in [0, 0.1) is 11.7 Å². The number of rotatable bonds is 5. The zero-order chi connectivity index (χ0) is 12.1. The first-order chi connectivity index (χ1) is 7.56. The minimum atomic E-state index is -0.375. The molecule has 0 aliphatic heterocycles. The number of aliphatic hydroxyl groups is 1. The summed E-state index contributed by atoms with van der Waals surface area (Å²) in [5.41, 5.74) is 0.546. The van der Waals surface area contributed by atoms with E-state index in [1.54, 1.807) is 12.1 Å². The fourth-order valence-corrected chi connectivity index (χ4v) is 1.51. The largest absolute Gasteiger partial charge is 0.396 e. The van der Waals surface area contributed by atoms with Gasteiger partial charge in [0, 0.05) is 24.8 Å². The van der Waals surface area contributed by atoms with Gasteiger partial charge < -0.3 is 10.4 Å². The maximum absolute atomic E-state index is 13.5. The van der Waals surface area contributed by atoms with Crippen LogP contribution in [0.5, 0.6) is 0 Å². The van der Waals surface area contributed by atoms with Crippen molar-refractivity contribution < 1.29 is 9.50 Å². The van der Waals surface area contributed by atoms with Gasteiger partial charge in [0.15, 0.2) is 0 Å². The average molecular weight is 246 g/mol. The van der Waals surface area contributed by atoms with E-state index in [0.717, 1.165) is 0 Å². The summed E-state index contributed by atoms with van der Waals surface area (Å²) in [7, 11) is 0. The molecule has 0 heterocycles. The molecule has 0 aromatic heterocycles. The maximum atomic E-state index is 13.5. The molecular formula is C12H17ClFNO. The molecule has 0 bridgehead atoms. The van der Waals surface area contributed by atoms with Crippen molar-refractivity contribution in [2.75, 3.05) is 6.61 Å². The molecule has 0 aliphatic rings. The van der Waals surface area contributed by atoms with Gasteiger partial charge in [-0.3, -0.25) is 0 Å². The number of halogens is 2. The molecule has 16 heavy (non-hydrogen) atoms. The average Bonchev–Trinajstić information content (AvgIpc) is 2.29. The van der Waals surface area contributed by atoms with Crippen molar-refractivity contribution in [2.45, 2.75) is 26.4 Å². The van der Waals surface area contributed by atoms with Gasteiger partial charge in [0.1, 0.15) is 5.82 Å². The van der Waals surface area contributed by atoms with Crippen LogP contribution in [-0.2, 0) is 6.54 Å². The van der Waals surface area contributed by atoms with Gasteiger partial charge in [0.25, 0.3) is 0 Å². The fraction of sp³-hybridized carbons (Fsp3) is 0.500. The van der Waals surface area contributed by atoms with Gasteiger partial charge in [-0.25, -0.2) is 4.39 Å². The van der Waals surface area contributed by atoms with E-state index >= 15 is 0 Å². The smallest absolute Gasteiger partial charge is 0.146 e. The summed E-state index contributed by atoms with van der Waals surface area (Å²) in [6.45, 7) is 4.43. The van der Waals surface area contributed by atoms with Crippen LogP contribution in [-0.4, -0.2) is 17.8 Å². The summed E-state index contributed by atoms with van der Waals surface area (Å²) < 4.78 is 13.5. The number of aliphatic hydroxyl groups excluding tert-OH is 1. The summed E-state index contributed by atoms with van der Waals surface area (Å²) >= 11 is 5.68. The molecule has 1 rings (SSSR count). The quantitative estimate of drug-likeness (QED) is 0.836. The highest BCUT2D eigenvalue weighted by Gasteiger charge is 2.12. The summed E-state index contributed by atoms with van der Waals surface area (Å²) in [5, 5.41) is 12.3. The number of hydrogen-bond acceptors (Lipinski definition) is 2. The molecule has 90 valence electrons. The molecule has 2 unspecified atom stereocenters. The highest BCUT2D eigenvalue weighted by molar-refractivity contribution is 6.30. The van der Waals surface area contributed by atoms with Gasteiger partial charge in [-0.15, -0.1) is 0 Å². The second-order valence-electron chi connectivity index (χ2n) is 4.04. The molecule has 0 saturated carbocycles. The third kappa shape index (κ3) is 3.44. The molecule has 2 N–H and O–H groups in total. The van der Waals surface area contributed by atoms with Crippen LogP contribution in [0.3, 0.4) is 0 Å². The Morgan fingerprint density at radius 3 is 2.75 bits per heavy atom. The Morgan fingerprint density at radius 2 is 2.12 bits per heavy atom. The molecule has 1 aromatic carbocycles. The van der Waals surface area contributed by atoms with Crippen molar-refractivity contribution in [2.24, 2.45) is 5.92 Å². The van der Waals surface area contributed by atoms with Crippen LogP contribution in [0.4, 0.5) is 4.39 Å². The molecular weight excluding hydrogens is 229 g/mol. The van der Waals surface area contributed by atoms with Crippen LogP contribution in [0.15, 0.2) is 18.2 Å². The zero-order valence-electron chi connectivity index (χ0n) is 9.50. The molecule has 0 spiro atoms. The predicted molar refractivity (Wildman–Crippen MR) is 64.0 cm³/mol. The third-order valence-electron chi connectivity index (χ3n) is 2.79. The summed E-state index contributed by atoms with van der Waals surface area (Å²) in [5.74, 6) is -0.234. The second kappa shape index (κ2) is 6.18. The number of nitrogens with one attached hydrogen (secondary N) is 1. The van der Waals surface area contributed by atoms with Crippen LogP contribution in [0.1, 0.15) is 19.4 Å². The van der Waals surface area contributed by atoms with Gasteiger partial charge in [0.2, 0.25) is 0 Å². The Hall–Kier alpha value is -0.640. The van der Waals surface area contributed by atoms with Crippen molar-refractivity contribution in [3.63, 3.8) is 0 Å². The molecule has 0 aliphatic carbocycles. The minimum absolute atomic E-state index is 0.117. The Labute approximate surface area is 100 Å². The monoisotopic (exact) mass is 245 g/mol. The van der Waals surface area contributed by atoms with Gasteiger partial charge in [-0.2, -0.15) is 0 Å². The predicted octanol–water partition coefficient (Wildman–Crippen LogP) is 2.59. The number of benzene rings is 1. The number of hydrogen-bond donors (Lipinski definition) is 2. The van der Waals surface area contributed by atoms with Gasteiger partial charge in [-0.1, -0.05) is 30.7 Å². The normalized spacial score (nSPS) is 14.8. The molecule has 0 saturated heterocycles. The standard InChI is InChI=1S/C12H17ClFNO/c1-8(7-16)9(2)15-6-10-4-3-5-11(13)12(10)14/h3-5,8-9,15-16H,6-7H2,1-2H3. The summed E-state index contributed by atoms with van der Waals surface area (Å²) in [6, 6.07) is 5.08. The lowest BCUT2D eigenvalue weighted by atomic mass is 10.0. The van der Waals surface area contributed by atoms with Crippen LogP contribution >= 0.6 is 11.6 Å². The summed E-state index contributed by atoms with van der Waals surface area (Å²) in [6.07, 6.45) is 0. The first kappa shape index (κ1) is 13.4. The molecule has 0 amide bonds. The SMILES string of the molecule is CC(CO)C(C)NCc1cccc(Cl)c1F. The lowest BCUT2D eigenvalue weighted by Gasteiger charge is -2.19. The first-order valence-electron chi connectivity index (χ1n) is 5.33. The van der Waals surface area contributed by atoms with Gasteiger partial charge in [0.05, 0.1) is 5.02 Å². The second-order valence-corrected chi connectivity index (χ2v) is 4.45. The van der Waals surface area contributed by atoms with Crippen molar-refractivity contribution in [3.8, 4) is 0 Å². The van der Waals surface area contributed by atoms with Crippen LogP contribution < -0.4 is 5.32 Å². The molecule has 0 fully saturated rings. The van der Waals surface area contributed by atoms with E-state index in [0.29, 0.717) is 12.1 Å². The zero-order valence-corrected chi connectivity index (χ0v) is 10.3. The van der Waals surface area contributed by atoms with Crippen LogP contribution in [0.25, 0.3) is 0 Å². The maximum Gasteiger partial charge on any atom is 0.146 e. The Balaban J connectivity index is 2.58. The van der Waals surface area contributed by atoms with Gasteiger partial charge >= 0.3 is 0 Å². The third-order valence-corrected chi connectivity index (χ3v) is 3.08. The van der Waals surface area contributed by atoms with Crippen molar-refractivity contribution in [3.05, 3.63) is 34.6 Å². The topological polar surface area (TPSA) is 32.3 Å². The first-order valence-corrected chi connectivity index (χ1v) is 5.71. The Kier molecular flexibility index (Phi) is 5.19. The van der Waals surface area contributed by atoms with E-state index in [4.69, 9.17) is 16.7 Å². The van der Waals surface area contributed by atoms with E-state index in [-0.39, 0.29) is 29.4 Å². The fourth-order valence-electron chi connectivity index (χ4n) is 1.32. The Bertz CT molecular complexity index is 346. The lowest BCUT2D eigenvalue weighted by molar-refractivity contribution is 0.207. The van der Waals surface area contributed by atoms with Crippen molar-refractivity contribution in [1.82, 2.24) is 5.32 Å². The molecule has 2 atom stereocenters. The highest BCUT2D eigenvalue weighted by atomic mass is 35.5. The van der Waals surface area contributed by atoms with E-state index in [1.807, 2.05) is 13.8 Å². The van der Waals surface area contributed by atoms with E-state index in [1.165, 1.54) is 6.07 Å². The van der Waals surface area contributed by atoms with E-state index < -0.39 is 0 Å².